The van der Waals surface area contributed by atoms with Crippen molar-refractivity contribution < 1.29 is 4.74 Å². The number of ether oxygens (including phenoxy) is 1. The van der Waals surface area contributed by atoms with Crippen LogP contribution in [0.2, 0.25) is 0 Å². The Morgan fingerprint density at radius 2 is 1.75 bits per heavy atom. The van der Waals surface area contributed by atoms with E-state index >= 15 is 0 Å². The molecule has 0 saturated carbocycles. The van der Waals surface area contributed by atoms with E-state index in [0.29, 0.717) is 6.61 Å². The smallest absolute Gasteiger partial charge is 0.134 e. The van der Waals surface area contributed by atoms with E-state index in [4.69, 9.17) is 4.74 Å². The standard InChI is InChI=1S/C17H16Br2O/c18-10-12-5-7-17(16(19)9-12)20-11-13-4-6-14-2-1-3-15(14)8-13/h4-9H,1-3,10-11H2. The molecule has 2 aromatic rings. The van der Waals surface area contributed by atoms with Crippen LogP contribution in [0.5, 0.6) is 5.75 Å². The number of alkyl halides is 1. The molecule has 0 amide bonds. The molecule has 2 aromatic carbocycles. The summed E-state index contributed by atoms with van der Waals surface area (Å²) in [6.07, 6.45) is 3.74. The molecule has 3 heteroatoms. The van der Waals surface area contributed by atoms with Crippen molar-refractivity contribution in [2.24, 2.45) is 0 Å². The Kier molecular flexibility index (Phi) is 4.47. The molecule has 0 radical (unpaired) electrons. The number of halogens is 2. The predicted octanol–water partition coefficient (Wildman–Crippen LogP) is 5.41. The second-order valence-corrected chi connectivity index (χ2v) is 6.56. The van der Waals surface area contributed by atoms with Gasteiger partial charge in [-0.25, -0.2) is 0 Å². The third-order valence-corrected chi connectivity index (χ3v) is 4.98. The van der Waals surface area contributed by atoms with E-state index in [1.165, 1.54) is 41.5 Å². The lowest BCUT2D eigenvalue weighted by molar-refractivity contribution is 0.304. The zero-order chi connectivity index (χ0) is 13.9. The summed E-state index contributed by atoms with van der Waals surface area (Å²) in [5, 5.41) is 0.858. The van der Waals surface area contributed by atoms with Crippen molar-refractivity contribution in [2.45, 2.75) is 31.2 Å². The van der Waals surface area contributed by atoms with Crippen LogP contribution >= 0.6 is 31.9 Å². The van der Waals surface area contributed by atoms with E-state index in [9.17, 15) is 0 Å². The van der Waals surface area contributed by atoms with Crippen LogP contribution in [0.3, 0.4) is 0 Å². The molecule has 104 valence electrons. The first-order valence-corrected chi connectivity index (χ1v) is 8.75. The largest absolute Gasteiger partial charge is 0.488 e. The van der Waals surface area contributed by atoms with Gasteiger partial charge in [0.15, 0.2) is 0 Å². The topological polar surface area (TPSA) is 9.23 Å². The van der Waals surface area contributed by atoms with Crippen molar-refractivity contribution in [3.63, 3.8) is 0 Å². The second-order valence-electron chi connectivity index (χ2n) is 5.14. The summed E-state index contributed by atoms with van der Waals surface area (Å²) in [7, 11) is 0. The number of benzene rings is 2. The maximum absolute atomic E-state index is 5.92. The molecule has 0 bridgehead atoms. The summed E-state index contributed by atoms with van der Waals surface area (Å²) in [6.45, 7) is 0.625. The minimum atomic E-state index is 0.625. The van der Waals surface area contributed by atoms with Gasteiger partial charge in [0.25, 0.3) is 0 Å². The second kappa shape index (κ2) is 6.31. The highest BCUT2D eigenvalue weighted by molar-refractivity contribution is 9.10. The molecule has 0 heterocycles. The summed E-state index contributed by atoms with van der Waals surface area (Å²) in [5.74, 6) is 0.898. The minimum Gasteiger partial charge on any atom is -0.488 e. The van der Waals surface area contributed by atoms with Crippen molar-refractivity contribution in [2.75, 3.05) is 0 Å². The van der Waals surface area contributed by atoms with E-state index in [0.717, 1.165) is 15.6 Å². The van der Waals surface area contributed by atoms with Crippen molar-refractivity contribution in [1.29, 1.82) is 0 Å². The molecule has 0 saturated heterocycles. The normalized spacial score (nSPS) is 13.3. The van der Waals surface area contributed by atoms with Crippen LogP contribution in [0.4, 0.5) is 0 Å². The Balaban J connectivity index is 1.70. The van der Waals surface area contributed by atoms with Gasteiger partial charge in [0.05, 0.1) is 4.47 Å². The molecule has 0 fully saturated rings. The number of hydrogen-bond acceptors (Lipinski definition) is 1. The highest BCUT2D eigenvalue weighted by Crippen LogP contribution is 2.28. The predicted molar refractivity (Wildman–Crippen MR) is 89.6 cm³/mol. The zero-order valence-corrected chi connectivity index (χ0v) is 14.3. The zero-order valence-electron chi connectivity index (χ0n) is 11.2. The fourth-order valence-corrected chi connectivity index (χ4v) is 3.51. The molecule has 1 nitrogen and oxygen atoms in total. The van der Waals surface area contributed by atoms with Crippen molar-refractivity contribution in [3.05, 3.63) is 63.1 Å². The lowest BCUT2D eigenvalue weighted by Crippen LogP contribution is -1.97. The first-order chi connectivity index (χ1) is 9.76. The first kappa shape index (κ1) is 14.2. The number of fused-ring (bicyclic) bond motifs is 1. The third-order valence-electron chi connectivity index (χ3n) is 3.71. The molecule has 0 spiro atoms. The highest BCUT2D eigenvalue weighted by atomic mass is 79.9. The van der Waals surface area contributed by atoms with Crippen molar-refractivity contribution in [1.82, 2.24) is 0 Å². The Labute approximate surface area is 136 Å². The van der Waals surface area contributed by atoms with Gasteiger partial charge in [-0.2, -0.15) is 0 Å². The van der Waals surface area contributed by atoms with E-state index in [2.05, 4.69) is 62.2 Å². The summed E-state index contributed by atoms with van der Waals surface area (Å²) in [4.78, 5) is 0. The summed E-state index contributed by atoms with van der Waals surface area (Å²) in [5.41, 5.74) is 5.50. The van der Waals surface area contributed by atoms with Gasteiger partial charge >= 0.3 is 0 Å². The van der Waals surface area contributed by atoms with Crippen molar-refractivity contribution >= 4 is 31.9 Å². The Hall–Kier alpha value is -0.800. The van der Waals surface area contributed by atoms with Crippen LogP contribution in [-0.4, -0.2) is 0 Å². The average Bonchev–Trinajstić information content (AvgIpc) is 2.93. The lowest BCUT2D eigenvalue weighted by Gasteiger charge is -2.10. The van der Waals surface area contributed by atoms with E-state index in [1.807, 2.05) is 6.07 Å². The fraction of sp³-hybridized carbons (Fsp3) is 0.294. The van der Waals surface area contributed by atoms with Gasteiger partial charge in [-0.3, -0.25) is 0 Å². The molecule has 0 aliphatic heterocycles. The SMILES string of the molecule is BrCc1ccc(OCc2ccc3c(c2)CCC3)c(Br)c1. The summed E-state index contributed by atoms with van der Waals surface area (Å²) in [6, 6.07) is 12.9. The van der Waals surface area contributed by atoms with Gasteiger partial charge in [0, 0.05) is 5.33 Å². The van der Waals surface area contributed by atoms with Gasteiger partial charge in [-0.15, -0.1) is 0 Å². The van der Waals surface area contributed by atoms with Gasteiger partial charge in [0.1, 0.15) is 12.4 Å². The number of rotatable bonds is 4. The van der Waals surface area contributed by atoms with Gasteiger partial charge in [-0.1, -0.05) is 40.2 Å². The first-order valence-electron chi connectivity index (χ1n) is 6.84. The van der Waals surface area contributed by atoms with Crippen LogP contribution < -0.4 is 4.74 Å². The molecule has 3 rings (SSSR count). The van der Waals surface area contributed by atoms with Gasteiger partial charge in [0.2, 0.25) is 0 Å². The number of aryl methyl sites for hydroxylation is 2. The van der Waals surface area contributed by atoms with Gasteiger partial charge in [-0.05, 0) is 69.6 Å². The van der Waals surface area contributed by atoms with Crippen LogP contribution in [0.15, 0.2) is 40.9 Å². The molecule has 0 aromatic heterocycles. The monoisotopic (exact) mass is 394 g/mol. The Bertz CT molecular complexity index is 622. The number of hydrogen-bond donors (Lipinski definition) is 0. The van der Waals surface area contributed by atoms with Crippen LogP contribution in [0, 0.1) is 0 Å². The highest BCUT2D eigenvalue weighted by Gasteiger charge is 2.11. The molecule has 0 N–H and O–H groups in total. The quantitative estimate of drug-likeness (QED) is 0.628. The average molecular weight is 396 g/mol. The van der Waals surface area contributed by atoms with E-state index < -0.39 is 0 Å². The minimum absolute atomic E-state index is 0.625. The van der Waals surface area contributed by atoms with E-state index in [1.54, 1.807) is 0 Å². The maximum atomic E-state index is 5.92. The molecule has 0 unspecified atom stereocenters. The van der Waals surface area contributed by atoms with Crippen molar-refractivity contribution in [3.8, 4) is 5.75 Å². The third kappa shape index (κ3) is 3.09. The molecule has 20 heavy (non-hydrogen) atoms. The molecule has 1 aliphatic rings. The fourth-order valence-electron chi connectivity index (χ4n) is 2.62. The maximum Gasteiger partial charge on any atom is 0.134 e. The molecular weight excluding hydrogens is 380 g/mol. The molecule has 0 atom stereocenters. The van der Waals surface area contributed by atoms with Crippen LogP contribution in [0.25, 0.3) is 0 Å². The van der Waals surface area contributed by atoms with E-state index in [-0.39, 0.29) is 0 Å². The Morgan fingerprint density at radius 1 is 0.950 bits per heavy atom. The van der Waals surface area contributed by atoms with Crippen LogP contribution in [-0.2, 0) is 24.8 Å². The summed E-state index contributed by atoms with van der Waals surface area (Å²) < 4.78 is 6.93. The molecular formula is C17H16Br2O. The van der Waals surface area contributed by atoms with Gasteiger partial charge < -0.3 is 4.74 Å². The lowest BCUT2D eigenvalue weighted by atomic mass is 10.1. The Morgan fingerprint density at radius 3 is 2.55 bits per heavy atom. The van der Waals surface area contributed by atoms with Crippen LogP contribution in [0.1, 0.15) is 28.7 Å². The summed E-state index contributed by atoms with van der Waals surface area (Å²) >= 11 is 7.02. The molecule has 1 aliphatic carbocycles.